The molecule has 28 heavy (non-hydrogen) atoms. The minimum Gasteiger partial charge on any atom is -0.385 e. The number of benzene rings is 1. The zero-order chi connectivity index (χ0) is 20.2. The first kappa shape index (κ1) is 21.4. The van der Waals surface area contributed by atoms with Crippen LogP contribution in [0.15, 0.2) is 24.3 Å². The van der Waals surface area contributed by atoms with Crippen molar-refractivity contribution in [3.8, 4) is 0 Å². The van der Waals surface area contributed by atoms with E-state index in [0.29, 0.717) is 5.92 Å². The molecule has 3 rings (SSSR count). The molecule has 0 unspecified atom stereocenters. The Bertz CT molecular complexity index is 732. The van der Waals surface area contributed by atoms with E-state index in [1.165, 1.54) is 5.69 Å². The van der Waals surface area contributed by atoms with Gasteiger partial charge in [0.2, 0.25) is 10.0 Å². The van der Waals surface area contributed by atoms with Crippen LogP contribution < -0.4 is 14.9 Å². The topological polar surface area (TPSA) is 70.7 Å². The highest BCUT2D eigenvalue weighted by Crippen LogP contribution is 2.27. The van der Waals surface area contributed by atoms with Crippen LogP contribution in [-0.4, -0.2) is 52.1 Å². The number of hydrogen-bond acceptors (Lipinski definition) is 5. The van der Waals surface area contributed by atoms with Gasteiger partial charge in [-0.25, -0.2) is 13.1 Å². The number of nitrogens with zero attached hydrogens (tertiary/aromatic N) is 1. The number of sulfonamides is 1. The second-order valence-electron chi connectivity index (χ2n) is 8.98. The molecule has 1 aromatic carbocycles. The SMILES string of the molecule is CC(C)(C)S(=O)(=O)N[C@H]1CC[C@H](CNc2cccc(N3CCOCC3)c2)CC1. The third-order valence-electron chi connectivity index (χ3n) is 5.79. The molecular formula is C21H35N3O3S. The first-order chi connectivity index (χ1) is 13.2. The molecular weight excluding hydrogens is 374 g/mol. The maximum absolute atomic E-state index is 12.3. The molecule has 1 aliphatic carbocycles. The Morgan fingerprint density at radius 1 is 1.11 bits per heavy atom. The van der Waals surface area contributed by atoms with E-state index in [1.807, 2.05) is 0 Å². The molecule has 158 valence electrons. The van der Waals surface area contributed by atoms with Gasteiger partial charge in [-0.2, -0.15) is 0 Å². The second-order valence-corrected chi connectivity index (χ2v) is 11.4. The van der Waals surface area contributed by atoms with Crippen LogP contribution in [0.4, 0.5) is 11.4 Å². The van der Waals surface area contributed by atoms with E-state index in [4.69, 9.17) is 4.74 Å². The van der Waals surface area contributed by atoms with Crippen molar-refractivity contribution in [2.45, 2.75) is 57.2 Å². The van der Waals surface area contributed by atoms with Crippen LogP contribution in [0.2, 0.25) is 0 Å². The normalized spacial score (nSPS) is 24.2. The molecule has 0 aromatic heterocycles. The van der Waals surface area contributed by atoms with Gasteiger partial charge in [0.05, 0.1) is 18.0 Å². The third-order valence-corrected chi connectivity index (χ3v) is 8.05. The fraction of sp³-hybridized carbons (Fsp3) is 0.714. The van der Waals surface area contributed by atoms with Crippen LogP contribution in [0.1, 0.15) is 46.5 Å². The van der Waals surface area contributed by atoms with Gasteiger partial charge in [-0.05, 0) is 70.6 Å². The quantitative estimate of drug-likeness (QED) is 0.755. The highest BCUT2D eigenvalue weighted by atomic mass is 32.2. The molecule has 1 heterocycles. The van der Waals surface area contributed by atoms with Gasteiger partial charge in [-0.3, -0.25) is 0 Å². The van der Waals surface area contributed by atoms with E-state index in [0.717, 1.165) is 64.2 Å². The molecule has 0 atom stereocenters. The van der Waals surface area contributed by atoms with Crippen molar-refractivity contribution >= 4 is 21.4 Å². The van der Waals surface area contributed by atoms with Crippen molar-refractivity contribution in [3.63, 3.8) is 0 Å². The monoisotopic (exact) mass is 409 g/mol. The minimum absolute atomic E-state index is 0.0742. The minimum atomic E-state index is -3.26. The number of hydrogen-bond donors (Lipinski definition) is 2. The Balaban J connectivity index is 1.46. The van der Waals surface area contributed by atoms with Crippen molar-refractivity contribution in [3.05, 3.63) is 24.3 Å². The van der Waals surface area contributed by atoms with Crippen molar-refractivity contribution < 1.29 is 13.2 Å². The number of rotatable bonds is 6. The lowest BCUT2D eigenvalue weighted by Crippen LogP contribution is -2.46. The first-order valence-corrected chi connectivity index (χ1v) is 11.9. The zero-order valence-corrected chi connectivity index (χ0v) is 18.2. The standard InChI is InChI=1S/C21H35N3O3S/c1-21(2,3)28(25,26)23-18-9-7-17(8-10-18)16-22-19-5-4-6-20(15-19)24-11-13-27-14-12-24/h4-6,15,17-18,22-23H,7-14,16H2,1-3H3/t17-,18-. The molecule has 2 aliphatic rings. The Morgan fingerprint density at radius 3 is 2.43 bits per heavy atom. The number of anilines is 2. The fourth-order valence-electron chi connectivity index (χ4n) is 3.78. The van der Waals surface area contributed by atoms with Crippen LogP contribution >= 0.6 is 0 Å². The predicted molar refractivity (Wildman–Crippen MR) is 116 cm³/mol. The summed E-state index contributed by atoms with van der Waals surface area (Å²) < 4.78 is 32.3. The molecule has 0 radical (unpaired) electrons. The van der Waals surface area contributed by atoms with E-state index in [1.54, 1.807) is 20.8 Å². The second kappa shape index (κ2) is 9.01. The van der Waals surface area contributed by atoms with Gasteiger partial charge in [0.1, 0.15) is 0 Å². The molecule has 1 aliphatic heterocycles. The molecule has 0 spiro atoms. The van der Waals surface area contributed by atoms with Gasteiger partial charge in [0.25, 0.3) is 0 Å². The van der Waals surface area contributed by atoms with Gasteiger partial charge in [0.15, 0.2) is 0 Å². The van der Waals surface area contributed by atoms with Crippen molar-refractivity contribution in [1.82, 2.24) is 4.72 Å². The number of ether oxygens (including phenoxy) is 1. The average molecular weight is 410 g/mol. The molecule has 1 aromatic rings. The molecule has 0 bridgehead atoms. The van der Waals surface area contributed by atoms with Crippen LogP contribution in [0.25, 0.3) is 0 Å². The molecule has 1 saturated heterocycles. The lowest BCUT2D eigenvalue weighted by Gasteiger charge is -2.32. The maximum Gasteiger partial charge on any atom is 0.216 e. The summed E-state index contributed by atoms with van der Waals surface area (Å²) in [6.07, 6.45) is 3.92. The number of morpholine rings is 1. The van der Waals surface area contributed by atoms with Crippen LogP contribution in [0, 0.1) is 5.92 Å². The molecule has 1 saturated carbocycles. The van der Waals surface area contributed by atoms with E-state index in [-0.39, 0.29) is 6.04 Å². The van der Waals surface area contributed by atoms with Crippen molar-refractivity contribution in [1.29, 1.82) is 0 Å². The van der Waals surface area contributed by atoms with E-state index >= 15 is 0 Å². The van der Waals surface area contributed by atoms with Gasteiger partial charge < -0.3 is 15.0 Å². The van der Waals surface area contributed by atoms with Gasteiger partial charge in [0, 0.05) is 37.1 Å². The van der Waals surface area contributed by atoms with Crippen LogP contribution in [0.3, 0.4) is 0 Å². The van der Waals surface area contributed by atoms with E-state index in [9.17, 15) is 8.42 Å². The van der Waals surface area contributed by atoms with Gasteiger partial charge in [-0.15, -0.1) is 0 Å². The van der Waals surface area contributed by atoms with Crippen LogP contribution in [0.5, 0.6) is 0 Å². The summed E-state index contributed by atoms with van der Waals surface area (Å²) in [7, 11) is -3.26. The Labute approximate surface area is 170 Å². The molecule has 7 heteroatoms. The average Bonchev–Trinajstić information content (AvgIpc) is 2.67. The van der Waals surface area contributed by atoms with E-state index in [2.05, 4.69) is 39.2 Å². The third kappa shape index (κ3) is 5.61. The van der Waals surface area contributed by atoms with Gasteiger partial charge in [-0.1, -0.05) is 6.07 Å². The van der Waals surface area contributed by atoms with E-state index < -0.39 is 14.8 Å². The summed E-state index contributed by atoms with van der Waals surface area (Å²) in [5, 5.41) is 3.58. The Morgan fingerprint density at radius 2 is 1.79 bits per heavy atom. The van der Waals surface area contributed by atoms with Crippen molar-refractivity contribution in [2.24, 2.45) is 5.92 Å². The summed E-state index contributed by atoms with van der Waals surface area (Å²) in [4.78, 5) is 2.36. The molecule has 2 fully saturated rings. The Hall–Kier alpha value is -1.31. The van der Waals surface area contributed by atoms with Crippen molar-refractivity contribution in [2.75, 3.05) is 43.1 Å². The zero-order valence-electron chi connectivity index (χ0n) is 17.4. The molecule has 0 amide bonds. The fourth-order valence-corrected chi connectivity index (χ4v) is 4.81. The number of nitrogens with one attached hydrogen (secondary N) is 2. The largest absolute Gasteiger partial charge is 0.385 e. The predicted octanol–water partition coefficient (Wildman–Crippen LogP) is 3.21. The maximum atomic E-state index is 12.3. The Kier molecular flexibility index (Phi) is 6.89. The lowest BCUT2D eigenvalue weighted by atomic mass is 9.86. The highest BCUT2D eigenvalue weighted by Gasteiger charge is 2.32. The molecule has 2 N–H and O–H groups in total. The van der Waals surface area contributed by atoms with Gasteiger partial charge >= 0.3 is 0 Å². The van der Waals surface area contributed by atoms with Crippen LogP contribution in [-0.2, 0) is 14.8 Å². The first-order valence-electron chi connectivity index (χ1n) is 10.4. The smallest absolute Gasteiger partial charge is 0.216 e. The summed E-state index contributed by atoms with van der Waals surface area (Å²) in [5.41, 5.74) is 2.40. The summed E-state index contributed by atoms with van der Waals surface area (Å²) in [5.74, 6) is 0.586. The highest BCUT2D eigenvalue weighted by molar-refractivity contribution is 7.90. The summed E-state index contributed by atoms with van der Waals surface area (Å²) in [6, 6.07) is 8.67. The molecule has 6 nitrogen and oxygen atoms in total. The lowest BCUT2D eigenvalue weighted by molar-refractivity contribution is 0.122. The summed E-state index contributed by atoms with van der Waals surface area (Å²) >= 11 is 0. The summed E-state index contributed by atoms with van der Waals surface area (Å²) in [6.45, 7) is 9.64.